The molecule has 0 amide bonds. The highest BCUT2D eigenvalue weighted by Gasteiger charge is 2.21. The van der Waals surface area contributed by atoms with Crippen molar-refractivity contribution in [2.24, 2.45) is 0 Å². The highest BCUT2D eigenvalue weighted by Crippen LogP contribution is 2.34. The fourth-order valence-electron chi connectivity index (χ4n) is 1.67. The Morgan fingerprint density at radius 2 is 2.46 bits per heavy atom. The molecule has 0 saturated heterocycles. The molecule has 0 bridgehead atoms. The maximum atomic E-state index is 8.63. The molecule has 1 aliphatic rings. The summed E-state index contributed by atoms with van der Waals surface area (Å²) < 4.78 is 1.08. The molecule has 1 aliphatic heterocycles. The Bertz CT molecular complexity index is 368. The number of nitriles is 1. The largest absolute Gasteiger partial charge is 0.384 e. The smallest absolute Gasteiger partial charge is 0.0628 e. The van der Waals surface area contributed by atoms with Gasteiger partial charge in [0.25, 0.3) is 0 Å². The van der Waals surface area contributed by atoms with Gasteiger partial charge in [0.15, 0.2) is 0 Å². The monoisotopic (exact) mass is 236 g/mol. The molecule has 1 atom stereocenters. The van der Waals surface area contributed by atoms with E-state index in [0.29, 0.717) is 12.3 Å². The zero-order chi connectivity index (χ0) is 9.26. The summed E-state index contributed by atoms with van der Waals surface area (Å²) >= 11 is 3.43. The standard InChI is InChI=1S/C10H9BrN2/c11-8-1-2-10-9(5-8)7(3-4-12)6-13-10/h1-2,5,7,13H,3,6H2. The van der Waals surface area contributed by atoms with Gasteiger partial charge in [0.1, 0.15) is 0 Å². The quantitative estimate of drug-likeness (QED) is 0.815. The second-order valence-corrected chi connectivity index (χ2v) is 4.09. The molecule has 1 heterocycles. The maximum Gasteiger partial charge on any atom is 0.0628 e. The number of nitrogens with zero attached hydrogens (tertiary/aromatic N) is 1. The minimum absolute atomic E-state index is 0.359. The molecule has 0 fully saturated rings. The molecule has 0 saturated carbocycles. The Hall–Kier alpha value is -1.01. The van der Waals surface area contributed by atoms with Crippen LogP contribution in [0.5, 0.6) is 0 Å². The zero-order valence-electron chi connectivity index (χ0n) is 7.05. The normalized spacial score (nSPS) is 18.9. The Labute approximate surface area is 85.7 Å². The van der Waals surface area contributed by atoms with Crippen molar-refractivity contribution < 1.29 is 0 Å². The van der Waals surface area contributed by atoms with Gasteiger partial charge in [-0.05, 0) is 23.8 Å². The number of halogens is 1. The van der Waals surface area contributed by atoms with Crippen molar-refractivity contribution in [2.45, 2.75) is 12.3 Å². The van der Waals surface area contributed by atoms with Crippen LogP contribution in [0, 0.1) is 11.3 Å². The average molecular weight is 237 g/mol. The highest BCUT2D eigenvalue weighted by molar-refractivity contribution is 9.10. The van der Waals surface area contributed by atoms with Crippen LogP contribution in [0.15, 0.2) is 22.7 Å². The summed E-state index contributed by atoms with van der Waals surface area (Å²) in [6.07, 6.45) is 0.594. The topological polar surface area (TPSA) is 35.8 Å². The molecular weight excluding hydrogens is 228 g/mol. The molecule has 66 valence electrons. The lowest BCUT2D eigenvalue weighted by Gasteiger charge is -2.04. The van der Waals surface area contributed by atoms with Crippen molar-refractivity contribution in [2.75, 3.05) is 11.9 Å². The summed E-state index contributed by atoms with van der Waals surface area (Å²) in [4.78, 5) is 0. The third kappa shape index (κ3) is 1.54. The van der Waals surface area contributed by atoms with Crippen LogP contribution in [-0.2, 0) is 0 Å². The molecule has 1 unspecified atom stereocenters. The number of hydrogen-bond acceptors (Lipinski definition) is 2. The molecule has 2 rings (SSSR count). The van der Waals surface area contributed by atoms with E-state index in [-0.39, 0.29) is 0 Å². The van der Waals surface area contributed by atoms with Crippen molar-refractivity contribution >= 4 is 21.6 Å². The van der Waals surface area contributed by atoms with E-state index in [4.69, 9.17) is 5.26 Å². The third-order valence-corrected chi connectivity index (χ3v) is 2.82. The zero-order valence-corrected chi connectivity index (χ0v) is 8.63. The van der Waals surface area contributed by atoms with Gasteiger partial charge in [-0.3, -0.25) is 0 Å². The first kappa shape index (κ1) is 8.58. The molecule has 0 spiro atoms. The van der Waals surface area contributed by atoms with Crippen molar-refractivity contribution in [3.8, 4) is 6.07 Å². The molecule has 0 radical (unpaired) electrons. The molecule has 3 heteroatoms. The predicted molar refractivity (Wildman–Crippen MR) is 55.6 cm³/mol. The molecule has 1 aromatic carbocycles. The van der Waals surface area contributed by atoms with Gasteiger partial charge >= 0.3 is 0 Å². The number of anilines is 1. The van der Waals surface area contributed by atoms with Gasteiger partial charge in [0.2, 0.25) is 0 Å². The molecule has 1 aromatic rings. The van der Waals surface area contributed by atoms with Gasteiger partial charge in [-0.1, -0.05) is 15.9 Å². The molecular formula is C10H9BrN2. The van der Waals surface area contributed by atoms with Crippen LogP contribution in [0.2, 0.25) is 0 Å². The summed E-state index contributed by atoms with van der Waals surface area (Å²) in [5, 5.41) is 11.9. The van der Waals surface area contributed by atoms with Gasteiger partial charge in [0.05, 0.1) is 6.07 Å². The summed E-state index contributed by atoms with van der Waals surface area (Å²) in [5.41, 5.74) is 2.43. The van der Waals surface area contributed by atoms with Crippen molar-refractivity contribution in [3.05, 3.63) is 28.2 Å². The number of hydrogen-bond donors (Lipinski definition) is 1. The van der Waals surface area contributed by atoms with Crippen LogP contribution in [0.1, 0.15) is 17.9 Å². The van der Waals surface area contributed by atoms with Crippen LogP contribution in [-0.4, -0.2) is 6.54 Å². The van der Waals surface area contributed by atoms with Crippen LogP contribution >= 0.6 is 15.9 Å². The Morgan fingerprint density at radius 3 is 3.23 bits per heavy atom. The lowest BCUT2D eigenvalue weighted by atomic mass is 9.99. The highest BCUT2D eigenvalue weighted by atomic mass is 79.9. The van der Waals surface area contributed by atoms with Gasteiger partial charge in [-0.25, -0.2) is 0 Å². The predicted octanol–water partition coefficient (Wildman–Crippen LogP) is 2.87. The second-order valence-electron chi connectivity index (χ2n) is 3.17. The molecule has 1 N–H and O–H groups in total. The maximum absolute atomic E-state index is 8.63. The van der Waals surface area contributed by atoms with Crippen LogP contribution in [0.4, 0.5) is 5.69 Å². The minimum Gasteiger partial charge on any atom is -0.384 e. The number of nitrogens with one attached hydrogen (secondary N) is 1. The first-order valence-corrected chi connectivity index (χ1v) is 5.01. The van der Waals surface area contributed by atoms with Gasteiger partial charge in [-0.2, -0.15) is 5.26 Å². The molecule has 2 nitrogen and oxygen atoms in total. The van der Waals surface area contributed by atoms with Crippen molar-refractivity contribution in [3.63, 3.8) is 0 Å². The Morgan fingerprint density at radius 1 is 1.62 bits per heavy atom. The molecule has 0 aliphatic carbocycles. The van der Waals surface area contributed by atoms with E-state index >= 15 is 0 Å². The Balaban J connectivity index is 2.36. The number of rotatable bonds is 1. The van der Waals surface area contributed by atoms with Crippen LogP contribution < -0.4 is 5.32 Å². The SMILES string of the molecule is N#CCC1CNc2ccc(Br)cc21. The summed E-state index contributed by atoms with van der Waals surface area (Å²) in [6, 6.07) is 8.38. The van der Waals surface area contributed by atoms with Crippen LogP contribution in [0.3, 0.4) is 0 Å². The van der Waals surface area contributed by atoms with E-state index < -0.39 is 0 Å². The van der Waals surface area contributed by atoms with E-state index in [0.717, 1.165) is 11.0 Å². The van der Waals surface area contributed by atoms with Crippen LogP contribution in [0.25, 0.3) is 0 Å². The fourth-order valence-corrected chi connectivity index (χ4v) is 2.05. The fraction of sp³-hybridized carbons (Fsp3) is 0.300. The summed E-state index contributed by atoms with van der Waals surface area (Å²) in [5.74, 6) is 0.359. The summed E-state index contributed by atoms with van der Waals surface area (Å²) in [6.45, 7) is 0.888. The lowest BCUT2D eigenvalue weighted by Crippen LogP contribution is -2.00. The molecule has 0 aromatic heterocycles. The van der Waals surface area contributed by atoms with E-state index in [9.17, 15) is 0 Å². The second kappa shape index (κ2) is 3.39. The lowest BCUT2D eigenvalue weighted by molar-refractivity contribution is 0.780. The molecule has 13 heavy (non-hydrogen) atoms. The third-order valence-electron chi connectivity index (χ3n) is 2.33. The number of fused-ring (bicyclic) bond motifs is 1. The van der Waals surface area contributed by atoms with Crippen molar-refractivity contribution in [1.29, 1.82) is 5.26 Å². The van der Waals surface area contributed by atoms with E-state index in [1.165, 1.54) is 11.3 Å². The minimum atomic E-state index is 0.359. The number of benzene rings is 1. The van der Waals surface area contributed by atoms with E-state index in [1.807, 2.05) is 6.07 Å². The van der Waals surface area contributed by atoms with E-state index in [1.54, 1.807) is 0 Å². The van der Waals surface area contributed by atoms with E-state index in [2.05, 4.69) is 39.4 Å². The van der Waals surface area contributed by atoms with Gasteiger partial charge in [0, 0.05) is 29.0 Å². The first-order chi connectivity index (χ1) is 6.31. The van der Waals surface area contributed by atoms with Gasteiger partial charge in [-0.15, -0.1) is 0 Å². The van der Waals surface area contributed by atoms with Gasteiger partial charge < -0.3 is 5.32 Å². The average Bonchev–Trinajstić information content (AvgIpc) is 2.49. The van der Waals surface area contributed by atoms with Crippen molar-refractivity contribution in [1.82, 2.24) is 0 Å². The Kier molecular flexibility index (Phi) is 2.24. The first-order valence-electron chi connectivity index (χ1n) is 4.21. The summed E-state index contributed by atoms with van der Waals surface area (Å²) in [7, 11) is 0.